The van der Waals surface area contributed by atoms with Crippen molar-refractivity contribution in [1.82, 2.24) is 5.32 Å². The van der Waals surface area contributed by atoms with Gasteiger partial charge in [0.15, 0.2) is 0 Å². The van der Waals surface area contributed by atoms with Crippen LogP contribution in [0.2, 0.25) is 0 Å². The van der Waals surface area contributed by atoms with Gasteiger partial charge in [-0.3, -0.25) is 4.79 Å². The van der Waals surface area contributed by atoms with Crippen molar-refractivity contribution in [2.24, 2.45) is 0 Å². The van der Waals surface area contributed by atoms with Crippen molar-refractivity contribution < 1.29 is 13.9 Å². The number of nitrogens with one attached hydrogen (secondary N) is 1. The second-order valence-corrected chi connectivity index (χ2v) is 6.61. The summed E-state index contributed by atoms with van der Waals surface area (Å²) in [5.74, 6) is -0.00729. The highest BCUT2D eigenvalue weighted by Crippen LogP contribution is 2.27. The third-order valence-corrected chi connectivity index (χ3v) is 3.79. The number of methoxy groups -OCH3 is 1. The number of hydrogen-bond acceptors (Lipinski definition) is 4. The van der Waals surface area contributed by atoms with E-state index in [0.29, 0.717) is 17.2 Å². The summed E-state index contributed by atoms with van der Waals surface area (Å²) >= 11 is 1.35. The topological polar surface area (TPSA) is 38.3 Å². The second kappa shape index (κ2) is 7.64. The minimum absolute atomic E-state index is 0.0275. The molecule has 1 aromatic rings. The number of halogens is 1. The fourth-order valence-corrected chi connectivity index (χ4v) is 2.56. The van der Waals surface area contributed by atoms with Crippen LogP contribution in [0.25, 0.3) is 0 Å². The molecule has 5 heteroatoms. The van der Waals surface area contributed by atoms with Crippen LogP contribution in [-0.4, -0.2) is 24.4 Å². The molecule has 1 N–H and O–H groups in total. The highest BCUT2D eigenvalue weighted by molar-refractivity contribution is 7.99. The third kappa shape index (κ3) is 5.92. The highest BCUT2D eigenvalue weighted by atomic mass is 32.2. The fraction of sp³-hybridized carbons (Fsp3) is 0.533. The molecule has 0 unspecified atom stereocenters. The van der Waals surface area contributed by atoms with Crippen molar-refractivity contribution >= 4 is 17.7 Å². The monoisotopic (exact) mass is 299 g/mol. The second-order valence-electron chi connectivity index (χ2n) is 5.51. The molecule has 3 nitrogen and oxygen atoms in total. The van der Waals surface area contributed by atoms with E-state index >= 15 is 0 Å². The van der Waals surface area contributed by atoms with Crippen LogP contribution in [0.3, 0.4) is 0 Å². The third-order valence-electron chi connectivity index (χ3n) is 2.64. The molecule has 0 heterocycles. The molecule has 0 aliphatic heterocycles. The molecule has 0 bridgehead atoms. The van der Waals surface area contributed by atoms with Gasteiger partial charge in [0.1, 0.15) is 5.82 Å². The van der Waals surface area contributed by atoms with Crippen LogP contribution in [0.1, 0.15) is 32.8 Å². The first-order valence-electron chi connectivity index (χ1n) is 6.55. The lowest BCUT2D eigenvalue weighted by molar-refractivity contribution is -0.140. The number of esters is 1. The van der Waals surface area contributed by atoms with Gasteiger partial charge >= 0.3 is 5.97 Å². The summed E-state index contributed by atoms with van der Waals surface area (Å²) in [6.07, 6.45) is 0.279. The summed E-state index contributed by atoms with van der Waals surface area (Å²) in [6, 6.07) is 5.06. The van der Waals surface area contributed by atoms with Crippen LogP contribution in [0.15, 0.2) is 23.1 Å². The molecule has 20 heavy (non-hydrogen) atoms. The van der Waals surface area contributed by atoms with Crippen molar-refractivity contribution in [3.8, 4) is 0 Å². The Morgan fingerprint density at radius 2 is 2.10 bits per heavy atom. The largest absolute Gasteiger partial charge is 0.469 e. The lowest BCUT2D eigenvalue weighted by Gasteiger charge is -2.21. The number of hydrogen-bond donors (Lipinski definition) is 1. The lowest BCUT2D eigenvalue weighted by atomic mass is 10.1. The van der Waals surface area contributed by atoms with Crippen LogP contribution in [0.5, 0.6) is 0 Å². The number of carbonyl (C=O) groups excluding carboxylic acids is 1. The van der Waals surface area contributed by atoms with Gasteiger partial charge in [0.25, 0.3) is 0 Å². The highest BCUT2D eigenvalue weighted by Gasteiger charge is 2.13. The van der Waals surface area contributed by atoms with E-state index in [0.717, 1.165) is 5.56 Å². The summed E-state index contributed by atoms with van der Waals surface area (Å²) in [5, 5.41) is 3.34. The quantitative estimate of drug-likeness (QED) is 0.645. The van der Waals surface area contributed by atoms with E-state index in [4.69, 9.17) is 0 Å². The average molecular weight is 299 g/mol. The molecule has 0 aliphatic rings. The molecule has 0 saturated heterocycles. The van der Waals surface area contributed by atoms with Gasteiger partial charge in [-0.1, -0.05) is 12.1 Å². The van der Waals surface area contributed by atoms with E-state index < -0.39 is 0 Å². The van der Waals surface area contributed by atoms with Gasteiger partial charge in [0.2, 0.25) is 0 Å². The number of ether oxygens (including phenoxy) is 1. The predicted octanol–water partition coefficient (Wildman–Crippen LogP) is 3.37. The summed E-state index contributed by atoms with van der Waals surface area (Å²) < 4.78 is 18.5. The van der Waals surface area contributed by atoms with Gasteiger partial charge in [0.05, 0.1) is 13.5 Å². The first kappa shape index (κ1) is 17.0. The van der Waals surface area contributed by atoms with E-state index in [-0.39, 0.29) is 23.7 Å². The van der Waals surface area contributed by atoms with Crippen LogP contribution in [-0.2, 0) is 16.1 Å². The molecule has 112 valence electrons. The van der Waals surface area contributed by atoms with E-state index in [9.17, 15) is 9.18 Å². The maximum absolute atomic E-state index is 13.9. The number of rotatable bonds is 6. The molecule has 0 spiro atoms. The lowest BCUT2D eigenvalue weighted by Crippen LogP contribution is -2.35. The molecule has 0 atom stereocenters. The zero-order chi connectivity index (χ0) is 15.2. The summed E-state index contributed by atoms with van der Waals surface area (Å²) in [7, 11) is 1.36. The van der Waals surface area contributed by atoms with Crippen LogP contribution in [0, 0.1) is 5.82 Å². The maximum Gasteiger partial charge on any atom is 0.306 e. The Kier molecular flexibility index (Phi) is 6.49. The Balaban J connectivity index is 2.70. The maximum atomic E-state index is 13.9. The van der Waals surface area contributed by atoms with Crippen LogP contribution >= 0.6 is 11.8 Å². The summed E-state index contributed by atoms with van der Waals surface area (Å²) in [6.45, 7) is 6.80. The Morgan fingerprint density at radius 1 is 1.40 bits per heavy atom. The van der Waals surface area contributed by atoms with E-state index in [1.165, 1.54) is 24.9 Å². The van der Waals surface area contributed by atoms with E-state index in [2.05, 4.69) is 30.8 Å². The minimum atomic E-state index is -0.275. The Bertz CT molecular complexity index is 458. The number of benzene rings is 1. The number of thioether (sulfide) groups is 1. The molecule has 0 saturated carbocycles. The van der Waals surface area contributed by atoms with Gasteiger partial charge in [0, 0.05) is 22.7 Å². The Hall–Kier alpha value is -1.07. The Labute approximate surface area is 124 Å². The minimum Gasteiger partial charge on any atom is -0.469 e. The fourth-order valence-electron chi connectivity index (χ4n) is 1.55. The molecule has 0 radical (unpaired) electrons. The van der Waals surface area contributed by atoms with Gasteiger partial charge in [-0.15, -0.1) is 11.8 Å². The molecule has 0 aliphatic carbocycles. The van der Waals surface area contributed by atoms with Gasteiger partial charge in [-0.2, -0.15) is 0 Å². The van der Waals surface area contributed by atoms with E-state index in [1.54, 1.807) is 6.07 Å². The molecular formula is C15H22FNO2S. The average Bonchev–Trinajstić information content (AvgIpc) is 2.37. The predicted molar refractivity (Wildman–Crippen MR) is 80.3 cm³/mol. The normalized spacial score (nSPS) is 11.4. The molecule has 1 rings (SSSR count). The zero-order valence-corrected chi connectivity index (χ0v) is 13.3. The molecule has 0 amide bonds. The van der Waals surface area contributed by atoms with Crippen molar-refractivity contribution in [1.29, 1.82) is 0 Å². The van der Waals surface area contributed by atoms with Gasteiger partial charge in [-0.05, 0) is 32.4 Å². The SMILES string of the molecule is COC(=O)CCSc1c(F)cccc1CNC(C)(C)C. The molecular weight excluding hydrogens is 277 g/mol. The molecule has 0 aromatic heterocycles. The van der Waals surface area contributed by atoms with Crippen LogP contribution < -0.4 is 5.32 Å². The van der Waals surface area contributed by atoms with Crippen LogP contribution in [0.4, 0.5) is 4.39 Å². The molecule has 1 aromatic carbocycles. The van der Waals surface area contributed by atoms with Crippen molar-refractivity contribution in [2.45, 2.75) is 44.2 Å². The van der Waals surface area contributed by atoms with Crippen molar-refractivity contribution in [2.75, 3.05) is 12.9 Å². The van der Waals surface area contributed by atoms with E-state index in [1.807, 2.05) is 6.07 Å². The Morgan fingerprint density at radius 3 is 2.70 bits per heavy atom. The summed E-state index contributed by atoms with van der Waals surface area (Å²) in [4.78, 5) is 11.7. The first-order valence-corrected chi connectivity index (χ1v) is 7.54. The smallest absolute Gasteiger partial charge is 0.306 e. The van der Waals surface area contributed by atoms with Crippen molar-refractivity contribution in [3.05, 3.63) is 29.6 Å². The zero-order valence-electron chi connectivity index (χ0n) is 12.5. The van der Waals surface area contributed by atoms with Gasteiger partial charge in [-0.25, -0.2) is 4.39 Å². The standard InChI is InChI=1S/C15H22FNO2S/c1-15(2,3)17-10-11-6-5-7-12(16)14(11)20-9-8-13(18)19-4/h5-7,17H,8-10H2,1-4H3. The number of carbonyl (C=O) groups is 1. The first-order chi connectivity index (χ1) is 9.33. The summed E-state index contributed by atoms with van der Waals surface area (Å²) in [5.41, 5.74) is 0.884. The van der Waals surface area contributed by atoms with Crippen molar-refractivity contribution in [3.63, 3.8) is 0 Å². The van der Waals surface area contributed by atoms with Gasteiger partial charge < -0.3 is 10.1 Å². The molecule has 0 fully saturated rings.